The Labute approximate surface area is 146 Å². The molecule has 25 heavy (non-hydrogen) atoms. The van der Waals surface area contributed by atoms with E-state index in [1.165, 1.54) is 17.7 Å². The highest BCUT2D eigenvalue weighted by molar-refractivity contribution is 5.93. The molecule has 0 bridgehead atoms. The molecule has 0 saturated heterocycles. The molecule has 0 aliphatic heterocycles. The van der Waals surface area contributed by atoms with Crippen LogP contribution >= 0.6 is 0 Å². The number of carbonyl (C=O) groups excluding carboxylic acids is 1. The number of hydrogen-bond acceptors (Lipinski definition) is 5. The average molecular weight is 344 g/mol. The number of ketones is 1. The molecule has 0 spiro atoms. The minimum Gasteiger partial charge on any atom is -0.371 e. The normalized spacial score (nSPS) is 10.7. The number of anilines is 1. The Hall–Kier alpha value is -2.67. The Balaban J connectivity index is 1.74. The van der Waals surface area contributed by atoms with Crippen LogP contribution in [0.4, 0.5) is 5.82 Å². The van der Waals surface area contributed by atoms with Crippen LogP contribution in [0.5, 0.6) is 0 Å². The van der Waals surface area contributed by atoms with Gasteiger partial charge in [-0.05, 0) is 25.5 Å². The van der Waals surface area contributed by atoms with E-state index in [1.807, 2.05) is 24.3 Å². The van der Waals surface area contributed by atoms with E-state index in [2.05, 4.69) is 10.6 Å². The smallest absolute Gasteiger partial charge is 0.332 e. The van der Waals surface area contributed by atoms with Crippen LogP contribution in [0.1, 0.15) is 29.3 Å². The number of carbonyl (C=O) groups is 1. The van der Waals surface area contributed by atoms with Crippen molar-refractivity contribution in [2.45, 2.75) is 19.9 Å². The summed E-state index contributed by atoms with van der Waals surface area (Å²) in [6.45, 7) is 3.72. The summed E-state index contributed by atoms with van der Waals surface area (Å²) < 4.78 is 2.50. The molecular formula is C18H24N4O3. The number of hydrogen-bond donors (Lipinski definition) is 2. The van der Waals surface area contributed by atoms with E-state index in [0.717, 1.165) is 29.6 Å². The van der Waals surface area contributed by atoms with Crippen LogP contribution in [0.3, 0.4) is 0 Å². The van der Waals surface area contributed by atoms with Crippen LogP contribution in [0, 0.1) is 0 Å². The van der Waals surface area contributed by atoms with Gasteiger partial charge in [-0.3, -0.25) is 18.7 Å². The molecule has 0 fully saturated rings. The van der Waals surface area contributed by atoms with E-state index >= 15 is 0 Å². The molecule has 0 radical (unpaired) electrons. The summed E-state index contributed by atoms with van der Waals surface area (Å²) in [5, 5.41) is 6.44. The highest BCUT2D eigenvalue weighted by Crippen LogP contribution is 2.05. The average Bonchev–Trinajstić information content (AvgIpc) is 2.60. The van der Waals surface area contributed by atoms with Crippen LogP contribution in [0.25, 0.3) is 0 Å². The number of Topliss-reactive ketones (excluding diaryl/α,β-unsaturated/α-hetero) is 1. The Morgan fingerprint density at radius 3 is 2.36 bits per heavy atom. The zero-order valence-corrected chi connectivity index (χ0v) is 14.8. The van der Waals surface area contributed by atoms with E-state index in [4.69, 9.17) is 0 Å². The lowest BCUT2D eigenvalue weighted by molar-refractivity contribution is 0.101. The van der Waals surface area contributed by atoms with Crippen molar-refractivity contribution in [1.82, 2.24) is 14.5 Å². The predicted octanol–water partition coefficient (Wildman–Crippen LogP) is 0.878. The van der Waals surface area contributed by atoms with E-state index < -0.39 is 0 Å². The van der Waals surface area contributed by atoms with Gasteiger partial charge in [0.15, 0.2) is 5.78 Å². The summed E-state index contributed by atoms with van der Waals surface area (Å²) in [5.74, 6) is 0.587. The second-order valence-corrected chi connectivity index (χ2v) is 5.98. The van der Waals surface area contributed by atoms with Gasteiger partial charge < -0.3 is 10.6 Å². The number of benzene rings is 1. The van der Waals surface area contributed by atoms with Gasteiger partial charge in [0.05, 0.1) is 0 Å². The van der Waals surface area contributed by atoms with Crippen molar-refractivity contribution in [3.63, 3.8) is 0 Å². The molecule has 2 rings (SSSR count). The minimum atomic E-state index is -0.345. The first-order chi connectivity index (χ1) is 11.9. The predicted molar refractivity (Wildman–Crippen MR) is 98.2 cm³/mol. The summed E-state index contributed by atoms with van der Waals surface area (Å²) in [4.78, 5) is 34.7. The lowest BCUT2D eigenvalue weighted by Gasteiger charge is -2.12. The maximum absolute atomic E-state index is 11.8. The second kappa shape index (κ2) is 8.43. The summed E-state index contributed by atoms with van der Waals surface area (Å²) >= 11 is 0. The molecule has 0 amide bonds. The van der Waals surface area contributed by atoms with Gasteiger partial charge in [-0.1, -0.05) is 24.3 Å². The molecule has 1 aromatic heterocycles. The number of nitrogens with zero attached hydrogens (tertiary/aromatic N) is 2. The monoisotopic (exact) mass is 344 g/mol. The fourth-order valence-electron chi connectivity index (χ4n) is 2.42. The molecule has 2 N–H and O–H groups in total. The minimum absolute atomic E-state index is 0.0655. The molecule has 1 aromatic carbocycles. The number of nitrogens with one attached hydrogen (secondary N) is 2. The second-order valence-electron chi connectivity index (χ2n) is 5.98. The fourth-order valence-corrected chi connectivity index (χ4v) is 2.42. The Morgan fingerprint density at radius 1 is 1.04 bits per heavy atom. The third-order valence-electron chi connectivity index (χ3n) is 4.05. The van der Waals surface area contributed by atoms with E-state index in [0.29, 0.717) is 17.9 Å². The van der Waals surface area contributed by atoms with Crippen LogP contribution in [0.2, 0.25) is 0 Å². The quantitative estimate of drug-likeness (QED) is 0.548. The van der Waals surface area contributed by atoms with Crippen LogP contribution < -0.4 is 21.9 Å². The van der Waals surface area contributed by atoms with Crippen LogP contribution in [0.15, 0.2) is 39.9 Å². The molecule has 0 aliphatic carbocycles. The Morgan fingerprint density at radius 2 is 1.72 bits per heavy atom. The lowest BCUT2D eigenvalue weighted by atomic mass is 10.1. The van der Waals surface area contributed by atoms with Gasteiger partial charge in [-0.25, -0.2) is 4.79 Å². The molecule has 7 nitrogen and oxygen atoms in total. The zero-order valence-electron chi connectivity index (χ0n) is 14.8. The fraction of sp³-hybridized carbons (Fsp3) is 0.389. The van der Waals surface area contributed by atoms with Gasteiger partial charge >= 0.3 is 5.69 Å². The van der Waals surface area contributed by atoms with Crippen molar-refractivity contribution < 1.29 is 4.79 Å². The summed E-state index contributed by atoms with van der Waals surface area (Å²) in [7, 11) is 3.09. The highest BCUT2D eigenvalue weighted by atomic mass is 16.2. The summed E-state index contributed by atoms with van der Waals surface area (Å²) in [6, 6.07) is 8.97. The number of aromatic nitrogens is 2. The van der Waals surface area contributed by atoms with Crippen molar-refractivity contribution >= 4 is 11.6 Å². The molecule has 0 unspecified atom stereocenters. The van der Waals surface area contributed by atoms with Gasteiger partial charge in [0, 0.05) is 38.8 Å². The molecule has 2 aromatic rings. The number of rotatable bonds is 8. The largest absolute Gasteiger partial charge is 0.371 e. The van der Waals surface area contributed by atoms with Gasteiger partial charge in [0.1, 0.15) is 5.82 Å². The van der Waals surface area contributed by atoms with Crippen molar-refractivity contribution in [2.75, 3.05) is 18.4 Å². The molecular weight excluding hydrogens is 320 g/mol. The molecule has 0 aliphatic rings. The zero-order chi connectivity index (χ0) is 18.4. The maximum Gasteiger partial charge on any atom is 0.332 e. The lowest BCUT2D eigenvalue weighted by Crippen LogP contribution is -2.37. The third kappa shape index (κ3) is 4.90. The molecule has 0 atom stereocenters. The Kier molecular flexibility index (Phi) is 6.30. The van der Waals surface area contributed by atoms with Crippen LogP contribution in [-0.2, 0) is 20.6 Å². The standard InChI is InChI=1S/C18H24N4O3/c1-13(23)15-7-5-14(6-8-15)12-19-9-4-10-20-16-11-17(24)22(3)18(25)21(16)2/h5-8,11,19-20H,4,9-10,12H2,1-3H3. The van der Waals surface area contributed by atoms with Crippen molar-refractivity contribution in [3.8, 4) is 0 Å². The van der Waals surface area contributed by atoms with Crippen molar-refractivity contribution in [3.05, 3.63) is 62.3 Å². The van der Waals surface area contributed by atoms with Gasteiger partial charge in [-0.15, -0.1) is 0 Å². The third-order valence-corrected chi connectivity index (χ3v) is 4.05. The molecule has 134 valence electrons. The highest BCUT2D eigenvalue weighted by Gasteiger charge is 2.04. The Bertz CT molecular complexity index is 850. The van der Waals surface area contributed by atoms with E-state index in [-0.39, 0.29) is 17.0 Å². The van der Waals surface area contributed by atoms with Crippen LogP contribution in [-0.4, -0.2) is 28.0 Å². The topological polar surface area (TPSA) is 85.1 Å². The van der Waals surface area contributed by atoms with Crippen molar-refractivity contribution in [2.24, 2.45) is 14.1 Å². The molecule has 0 saturated carbocycles. The molecule has 1 heterocycles. The van der Waals surface area contributed by atoms with Gasteiger partial charge in [0.25, 0.3) is 5.56 Å². The van der Waals surface area contributed by atoms with E-state index in [9.17, 15) is 14.4 Å². The van der Waals surface area contributed by atoms with E-state index in [1.54, 1.807) is 14.0 Å². The first kappa shape index (κ1) is 18.7. The summed E-state index contributed by atoms with van der Waals surface area (Å²) in [5.41, 5.74) is 1.17. The van der Waals surface area contributed by atoms with Gasteiger partial charge in [0.2, 0.25) is 0 Å². The summed E-state index contributed by atoms with van der Waals surface area (Å²) in [6.07, 6.45) is 0.842. The maximum atomic E-state index is 11.8. The van der Waals surface area contributed by atoms with Crippen molar-refractivity contribution in [1.29, 1.82) is 0 Å². The molecule has 7 heteroatoms. The SMILES string of the molecule is CC(=O)c1ccc(CNCCCNc2cc(=O)n(C)c(=O)n2C)cc1. The first-order valence-electron chi connectivity index (χ1n) is 8.21. The first-order valence-corrected chi connectivity index (χ1v) is 8.21. The van der Waals surface area contributed by atoms with Gasteiger partial charge in [-0.2, -0.15) is 0 Å².